The normalized spacial score (nSPS) is 10.3. The van der Waals surface area contributed by atoms with E-state index in [-0.39, 0.29) is 5.91 Å². The van der Waals surface area contributed by atoms with E-state index in [1.807, 2.05) is 37.4 Å². The van der Waals surface area contributed by atoms with Crippen LogP contribution in [0.3, 0.4) is 0 Å². The zero-order valence-corrected chi connectivity index (χ0v) is 13.8. The molecule has 2 rings (SSSR count). The first-order chi connectivity index (χ1) is 9.60. The van der Waals surface area contributed by atoms with Crippen LogP contribution in [0.25, 0.3) is 0 Å². The van der Waals surface area contributed by atoms with Crippen LogP contribution in [0.2, 0.25) is 5.02 Å². The van der Waals surface area contributed by atoms with Gasteiger partial charge < -0.3 is 10.6 Å². The number of carbonyl (C=O) groups is 1. The van der Waals surface area contributed by atoms with E-state index in [1.165, 1.54) is 0 Å². The van der Waals surface area contributed by atoms with Gasteiger partial charge in [-0.05, 0) is 65.5 Å². The summed E-state index contributed by atoms with van der Waals surface area (Å²) < 4.78 is 0.871. The fourth-order valence-electron chi connectivity index (χ4n) is 1.83. The molecular weight excluding hydrogens is 387 g/mol. The predicted molar refractivity (Wildman–Crippen MR) is 91.3 cm³/mol. The molecule has 5 heteroatoms. The summed E-state index contributed by atoms with van der Waals surface area (Å²) in [6.45, 7) is 0.762. The van der Waals surface area contributed by atoms with Crippen LogP contribution in [-0.2, 0) is 6.54 Å². The molecule has 20 heavy (non-hydrogen) atoms. The van der Waals surface area contributed by atoms with Crippen molar-refractivity contribution < 1.29 is 4.79 Å². The first kappa shape index (κ1) is 15.3. The number of hydrogen-bond acceptors (Lipinski definition) is 2. The summed E-state index contributed by atoms with van der Waals surface area (Å²) in [5.41, 5.74) is 2.47. The number of carbonyl (C=O) groups excluding carboxylic acids is 1. The molecule has 0 atom stereocenters. The van der Waals surface area contributed by atoms with Gasteiger partial charge in [0.05, 0.1) is 5.56 Å². The van der Waals surface area contributed by atoms with Crippen molar-refractivity contribution in [2.45, 2.75) is 6.54 Å². The molecule has 0 aliphatic heterocycles. The lowest BCUT2D eigenvalue weighted by Gasteiger charge is -2.09. The molecule has 2 aromatic rings. The van der Waals surface area contributed by atoms with Gasteiger partial charge in [0.25, 0.3) is 5.91 Å². The van der Waals surface area contributed by atoms with E-state index >= 15 is 0 Å². The number of halogens is 2. The third-order valence-electron chi connectivity index (χ3n) is 2.74. The van der Waals surface area contributed by atoms with Crippen molar-refractivity contribution >= 4 is 45.8 Å². The third kappa shape index (κ3) is 3.94. The van der Waals surface area contributed by atoms with Gasteiger partial charge in [-0.2, -0.15) is 0 Å². The van der Waals surface area contributed by atoms with Gasteiger partial charge in [-0.15, -0.1) is 0 Å². The number of rotatable bonds is 4. The van der Waals surface area contributed by atoms with Crippen LogP contribution in [0.4, 0.5) is 5.69 Å². The topological polar surface area (TPSA) is 41.1 Å². The Kier molecular flexibility index (Phi) is 5.39. The van der Waals surface area contributed by atoms with E-state index in [0.29, 0.717) is 10.6 Å². The maximum Gasteiger partial charge on any atom is 0.256 e. The highest BCUT2D eigenvalue weighted by Gasteiger charge is 2.11. The fraction of sp³-hybridized carbons (Fsp3) is 0.133. The van der Waals surface area contributed by atoms with Crippen LogP contribution in [0.15, 0.2) is 42.5 Å². The second kappa shape index (κ2) is 7.06. The Labute approximate surface area is 136 Å². The third-order valence-corrected chi connectivity index (χ3v) is 3.91. The summed E-state index contributed by atoms with van der Waals surface area (Å²) in [4.78, 5) is 12.3. The Morgan fingerprint density at radius 1 is 1.25 bits per heavy atom. The molecule has 0 aliphatic carbocycles. The Bertz CT molecular complexity index is 631. The zero-order chi connectivity index (χ0) is 14.5. The fourth-order valence-corrected chi connectivity index (χ4v) is 2.59. The summed E-state index contributed by atoms with van der Waals surface area (Å²) in [5, 5.41) is 6.53. The molecule has 0 radical (unpaired) electrons. The summed E-state index contributed by atoms with van der Waals surface area (Å²) in [6, 6.07) is 13.0. The summed E-state index contributed by atoms with van der Waals surface area (Å²) >= 11 is 8.06. The average molecular weight is 401 g/mol. The van der Waals surface area contributed by atoms with E-state index in [9.17, 15) is 4.79 Å². The van der Waals surface area contributed by atoms with Crippen molar-refractivity contribution in [3.63, 3.8) is 0 Å². The first-order valence-electron chi connectivity index (χ1n) is 6.10. The van der Waals surface area contributed by atoms with Crippen molar-refractivity contribution in [3.8, 4) is 0 Å². The lowest BCUT2D eigenvalue weighted by molar-refractivity contribution is 0.102. The zero-order valence-electron chi connectivity index (χ0n) is 10.9. The minimum Gasteiger partial charge on any atom is -0.322 e. The Morgan fingerprint density at radius 3 is 2.80 bits per heavy atom. The van der Waals surface area contributed by atoms with Crippen molar-refractivity contribution in [3.05, 3.63) is 62.2 Å². The largest absolute Gasteiger partial charge is 0.322 e. The summed E-state index contributed by atoms with van der Waals surface area (Å²) in [6.07, 6.45) is 0. The maximum atomic E-state index is 12.3. The van der Waals surface area contributed by atoms with Gasteiger partial charge in [-0.25, -0.2) is 0 Å². The lowest BCUT2D eigenvalue weighted by Crippen LogP contribution is -2.14. The Morgan fingerprint density at radius 2 is 2.05 bits per heavy atom. The van der Waals surface area contributed by atoms with Crippen LogP contribution in [0.1, 0.15) is 15.9 Å². The van der Waals surface area contributed by atoms with Crippen LogP contribution in [0, 0.1) is 3.57 Å². The monoisotopic (exact) mass is 400 g/mol. The molecule has 0 spiro atoms. The van der Waals surface area contributed by atoms with Gasteiger partial charge in [0, 0.05) is 20.8 Å². The lowest BCUT2D eigenvalue weighted by atomic mass is 10.1. The molecule has 0 saturated heterocycles. The maximum absolute atomic E-state index is 12.3. The number of benzene rings is 2. The second-order valence-corrected chi connectivity index (χ2v) is 5.91. The predicted octanol–water partition coefficient (Wildman–Crippen LogP) is 3.92. The van der Waals surface area contributed by atoms with Crippen LogP contribution in [0.5, 0.6) is 0 Å². The van der Waals surface area contributed by atoms with E-state index in [2.05, 4.69) is 33.2 Å². The van der Waals surface area contributed by atoms with E-state index < -0.39 is 0 Å². The van der Waals surface area contributed by atoms with Crippen molar-refractivity contribution in [2.24, 2.45) is 0 Å². The van der Waals surface area contributed by atoms with E-state index in [0.717, 1.165) is 21.4 Å². The van der Waals surface area contributed by atoms with Crippen molar-refractivity contribution in [2.75, 3.05) is 12.4 Å². The first-order valence-corrected chi connectivity index (χ1v) is 7.56. The number of amides is 1. The standard InChI is InChI=1S/C15H14ClIN2O/c1-18-9-10-3-2-4-12(7-10)19-15(20)13-8-11(16)5-6-14(13)17/h2-8,18H,9H2,1H3,(H,19,20). The molecule has 0 aliphatic rings. The molecule has 0 saturated carbocycles. The summed E-state index contributed by atoms with van der Waals surface area (Å²) in [7, 11) is 1.89. The molecular formula is C15H14ClIN2O. The molecule has 0 unspecified atom stereocenters. The van der Waals surface area contributed by atoms with Gasteiger partial charge in [0.15, 0.2) is 0 Å². The Hall–Kier alpha value is -1.11. The second-order valence-electron chi connectivity index (χ2n) is 4.31. The molecule has 3 nitrogen and oxygen atoms in total. The van der Waals surface area contributed by atoms with Gasteiger partial charge in [-0.1, -0.05) is 23.7 Å². The highest BCUT2D eigenvalue weighted by molar-refractivity contribution is 14.1. The molecule has 2 aromatic carbocycles. The number of nitrogens with one attached hydrogen (secondary N) is 2. The molecule has 0 fully saturated rings. The van der Waals surface area contributed by atoms with Crippen molar-refractivity contribution in [1.82, 2.24) is 5.32 Å². The SMILES string of the molecule is CNCc1cccc(NC(=O)c2cc(Cl)ccc2I)c1. The molecule has 0 bridgehead atoms. The van der Waals surface area contributed by atoms with Gasteiger partial charge >= 0.3 is 0 Å². The molecule has 0 aromatic heterocycles. The van der Waals surface area contributed by atoms with Crippen LogP contribution >= 0.6 is 34.2 Å². The van der Waals surface area contributed by atoms with E-state index in [1.54, 1.807) is 12.1 Å². The van der Waals surface area contributed by atoms with Crippen LogP contribution in [-0.4, -0.2) is 13.0 Å². The number of hydrogen-bond donors (Lipinski definition) is 2. The molecule has 0 heterocycles. The molecule has 104 valence electrons. The van der Waals surface area contributed by atoms with Gasteiger partial charge in [-0.3, -0.25) is 4.79 Å². The quantitative estimate of drug-likeness (QED) is 0.764. The summed E-state index contributed by atoms with van der Waals surface area (Å²) in [5.74, 6) is -0.154. The number of anilines is 1. The molecule has 1 amide bonds. The van der Waals surface area contributed by atoms with Crippen LogP contribution < -0.4 is 10.6 Å². The van der Waals surface area contributed by atoms with Gasteiger partial charge in [0.1, 0.15) is 0 Å². The minimum atomic E-state index is -0.154. The highest BCUT2D eigenvalue weighted by atomic mass is 127. The smallest absolute Gasteiger partial charge is 0.256 e. The minimum absolute atomic E-state index is 0.154. The van der Waals surface area contributed by atoms with E-state index in [4.69, 9.17) is 11.6 Å². The molecule has 2 N–H and O–H groups in total. The average Bonchev–Trinajstić information content (AvgIpc) is 2.42. The highest BCUT2D eigenvalue weighted by Crippen LogP contribution is 2.20. The van der Waals surface area contributed by atoms with Gasteiger partial charge in [0.2, 0.25) is 0 Å². The van der Waals surface area contributed by atoms with Crippen molar-refractivity contribution in [1.29, 1.82) is 0 Å². The Balaban J connectivity index is 2.19.